The molecular weight excluding hydrogens is 170 g/mol. The van der Waals surface area contributed by atoms with Gasteiger partial charge >= 0.3 is 0 Å². The largest absolute Gasteiger partial charge is 0.330 e. The third-order valence-electron chi connectivity index (χ3n) is 2.06. The van der Waals surface area contributed by atoms with E-state index < -0.39 is 10.8 Å². The summed E-state index contributed by atoms with van der Waals surface area (Å²) in [6.45, 7) is 6.86. The van der Waals surface area contributed by atoms with Gasteiger partial charge in [0, 0.05) is 21.3 Å². The lowest BCUT2D eigenvalue weighted by Crippen LogP contribution is -2.23. The number of hydrogen-bond acceptors (Lipinski definition) is 2. The molecule has 0 aliphatic heterocycles. The minimum absolute atomic E-state index is 0.261. The molecule has 0 amide bonds. The molecule has 0 bridgehead atoms. The van der Waals surface area contributed by atoms with Gasteiger partial charge in [0.05, 0.1) is 0 Å². The second-order valence-electron chi connectivity index (χ2n) is 3.32. The molecule has 3 heteroatoms. The minimum Gasteiger partial charge on any atom is -0.330 e. The Morgan fingerprint density at radius 2 is 1.75 bits per heavy atom. The van der Waals surface area contributed by atoms with Gasteiger partial charge in [-0.05, 0) is 19.4 Å². The molecule has 0 saturated carbocycles. The molecule has 2 N–H and O–H groups in total. The van der Waals surface area contributed by atoms with Crippen molar-refractivity contribution >= 4 is 10.8 Å². The van der Waals surface area contributed by atoms with Crippen molar-refractivity contribution in [2.45, 2.75) is 50.5 Å². The van der Waals surface area contributed by atoms with Gasteiger partial charge in [-0.1, -0.05) is 27.2 Å². The molecule has 0 aromatic rings. The highest BCUT2D eigenvalue weighted by Crippen LogP contribution is 2.11. The van der Waals surface area contributed by atoms with Gasteiger partial charge < -0.3 is 5.73 Å². The fourth-order valence-corrected chi connectivity index (χ4v) is 2.90. The molecule has 74 valence electrons. The molecule has 12 heavy (non-hydrogen) atoms. The summed E-state index contributed by atoms with van der Waals surface area (Å²) in [5.41, 5.74) is 5.41. The van der Waals surface area contributed by atoms with E-state index in [0.717, 1.165) is 19.3 Å². The Kier molecular flexibility index (Phi) is 6.67. The first-order chi connectivity index (χ1) is 5.63. The highest BCUT2D eigenvalue weighted by atomic mass is 32.2. The quantitative estimate of drug-likeness (QED) is 0.694. The smallest absolute Gasteiger partial charge is 0.0334 e. The van der Waals surface area contributed by atoms with Gasteiger partial charge in [-0.15, -0.1) is 0 Å². The summed E-state index contributed by atoms with van der Waals surface area (Å²) >= 11 is 0. The maximum absolute atomic E-state index is 11.7. The van der Waals surface area contributed by atoms with Crippen LogP contribution in [0.5, 0.6) is 0 Å². The Balaban J connectivity index is 3.82. The Labute approximate surface area is 78.4 Å². The molecule has 0 aromatic heterocycles. The summed E-state index contributed by atoms with van der Waals surface area (Å²) in [4.78, 5) is 0. The first-order valence-electron chi connectivity index (χ1n) is 4.72. The van der Waals surface area contributed by atoms with Crippen molar-refractivity contribution in [2.24, 2.45) is 5.73 Å². The van der Waals surface area contributed by atoms with Gasteiger partial charge in [0.2, 0.25) is 0 Å². The topological polar surface area (TPSA) is 43.1 Å². The van der Waals surface area contributed by atoms with Crippen molar-refractivity contribution in [1.82, 2.24) is 0 Å². The standard InChI is InChI=1S/C9H21NOS/c1-4-5-8(2)12(11)9(3)6-7-10/h8-9H,4-7,10H2,1-3H3. The second kappa shape index (κ2) is 6.61. The SMILES string of the molecule is CCCC(C)S(=O)C(C)CCN. The highest BCUT2D eigenvalue weighted by Gasteiger charge is 2.16. The average Bonchev–Trinajstić information content (AvgIpc) is 2.04. The lowest BCUT2D eigenvalue weighted by molar-refractivity contribution is 0.644. The predicted molar refractivity (Wildman–Crippen MR) is 55.6 cm³/mol. The first-order valence-corrected chi connectivity index (χ1v) is 6.00. The van der Waals surface area contributed by atoms with Crippen molar-refractivity contribution in [3.05, 3.63) is 0 Å². The molecule has 3 unspecified atom stereocenters. The average molecular weight is 191 g/mol. The Morgan fingerprint density at radius 3 is 2.17 bits per heavy atom. The number of hydrogen-bond donors (Lipinski definition) is 1. The minimum atomic E-state index is -0.689. The van der Waals surface area contributed by atoms with Gasteiger partial charge in [-0.3, -0.25) is 4.21 Å². The zero-order valence-corrected chi connectivity index (χ0v) is 9.19. The van der Waals surface area contributed by atoms with E-state index >= 15 is 0 Å². The van der Waals surface area contributed by atoms with Crippen LogP contribution in [-0.4, -0.2) is 21.3 Å². The fraction of sp³-hybridized carbons (Fsp3) is 1.00. The third kappa shape index (κ3) is 4.21. The normalized spacial score (nSPS) is 18.7. The fourth-order valence-electron chi connectivity index (χ4n) is 1.27. The van der Waals surface area contributed by atoms with Crippen molar-refractivity contribution in [3.63, 3.8) is 0 Å². The van der Waals surface area contributed by atoms with Crippen molar-refractivity contribution < 1.29 is 4.21 Å². The van der Waals surface area contributed by atoms with Gasteiger partial charge in [0.15, 0.2) is 0 Å². The molecule has 0 radical (unpaired) electrons. The summed E-state index contributed by atoms with van der Waals surface area (Å²) in [6, 6.07) is 0. The summed E-state index contributed by atoms with van der Waals surface area (Å²) in [6.07, 6.45) is 3.05. The summed E-state index contributed by atoms with van der Waals surface area (Å²) in [5, 5.41) is 0.591. The predicted octanol–water partition coefficient (Wildman–Crippen LogP) is 1.66. The molecule has 0 aromatic carbocycles. The Morgan fingerprint density at radius 1 is 1.25 bits per heavy atom. The van der Waals surface area contributed by atoms with E-state index in [4.69, 9.17) is 5.73 Å². The van der Waals surface area contributed by atoms with Gasteiger partial charge in [0.1, 0.15) is 0 Å². The van der Waals surface area contributed by atoms with Crippen LogP contribution >= 0.6 is 0 Å². The maximum atomic E-state index is 11.7. The number of rotatable bonds is 6. The van der Waals surface area contributed by atoms with Crippen LogP contribution in [0.2, 0.25) is 0 Å². The molecule has 0 heterocycles. The maximum Gasteiger partial charge on any atom is 0.0334 e. The van der Waals surface area contributed by atoms with Crippen LogP contribution in [0.4, 0.5) is 0 Å². The van der Waals surface area contributed by atoms with E-state index in [9.17, 15) is 4.21 Å². The van der Waals surface area contributed by atoms with E-state index in [2.05, 4.69) is 13.8 Å². The monoisotopic (exact) mass is 191 g/mol. The zero-order chi connectivity index (χ0) is 9.56. The van der Waals surface area contributed by atoms with E-state index in [0.29, 0.717) is 11.8 Å². The van der Waals surface area contributed by atoms with Gasteiger partial charge in [-0.2, -0.15) is 0 Å². The highest BCUT2D eigenvalue weighted by molar-refractivity contribution is 7.86. The van der Waals surface area contributed by atoms with Crippen LogP contribution in [-0.2, 0) is 10.8 Å². The van der Waals surface area contributed by atoms with Crippen LogP contribution in [0.3, 0.4) is 0 Å². The van der Waals surface area contributed by atoms with E-state index in [1.54, 1.807) is 0 Å². The Bertz CT molecular complexity index is 124. The van der Waals surface area contributed by atoms with Crippen molar-refractivity contribution in [2.75, 3.05) is 6.54 Å². The molecule has 0 fully saturated rings. The molecule has 0 aliphatic rings. The summed E-state index contributed by atoms with van der Waals surface area (Å²) < 4.78 is 11.7. The van der Waals surface area contributed by atoms with E-state index in [1.165, 1.54) is 0 Å². The molecule has 3 atom stereocenters. The number of nitrogens with two attached hydrogens (primary N) is 1. The molecular formula is C9H21NOS. The lowest BCUT2D eigenvalue weighted by Gasteiger charge is -2.15. The summed E-state index contributed by atoms with van der Waals surface area (Å²) in [7, 11) is -0.689. The van der Waals surface area contributed by atoms with Gasteiger partial charge in [0.25, 0.3) is 0 Å². The molecule has 0 aliphatic carbocycles. The van der Waals surface area contributed by atoms with E-state index in [1.807, 2.05) is 6.92 Å². The Hall–Kier alpha value is 0.110. The third-order valence-corrected chi connectivity index (χ3v) is 4.12. The lowest BCUT2D eigenvalue weighted by atomic mass is 10.3. The van der Waals surface area contributed by atoms with Crippen LogP contribution in [0, 0.1) is 0 Å². The van der Waals surface area contributed by atoms with Crippen LogP contribution in [0.15, 0.2) is 0 Å². The summed E-state index contributed by atoms with van der Waals surface area (Å²) in [5.74, 6) is 0. The van der Waals surface area contributed by atoms with Crippen molar-refractivity contribution in [1.29, 1.82) is 0 Å². The zero-order valence-electron chi connectivity index (χ0n) is 8.38. The first kappa shape index (κ1) is 12.1. The van der Waals surface area contributed by atoms with E-state index in [-0.39, 0.29) is 5.25 Å². The van der Waals surface area contributed by atoms with Crippen LogP contribution in [0.1, 0.15) is 40.0 Å². The van der Waals surface area contributed by atoms with Crippen LogP contribution in [0.25, 0.3) is 0 Å². The molecule has 2 nitrogen and oxygen atoms in total. The molecule has 0 rings (SSSR count). The van der Waals surface area contributed by atoms with Gasteiger partial charge in [-0.25, -0.2) is 0 Å². The van der Waals surface area contributed by atoms with Crippen molar-refractivity contribution in [3.8, 4) is 0 Å². The molecule has 0 spiro atoms. The second-order valence-corrected chi connectivity index (χ2v) is 5.58. The van der Waals surface area contributed by atoms with Crippen LogP contribution < -0.4 is 5.73 Å². The molecule has 0 saturated heterocycles.